The second-order valence-electron chi connectivity index (χ2n) is 7.12. The van der Waals surface area contributed by atoms with Gasteiger partial charge in [-0.25, -0.2) is 4.98 Å². The summed E-state index contributed by atoms with van der Waals surface area (Å²) < 4.78 is 6.89. The average molecular weight is 401 g/mol. The molecule has 1 saturated heterocycles. The quantitative estimate of drug-likeness (QED) is 0.731. The van der Waals surface area contributed by atoms with Crippen molar-refractivity contribution < 1.29 is 9.53 Å². The summed E-state index contributed by atoms with van der Waals surface area (Å²) in [5.41, 5.74) is 1.81. The van der Waals surface area contributed by atoms with Crippen LogP contribution in [0.4, 0.5) is 5.69 Å². The number of methoxy groups -OCH3 is 1. The second kappa shape index (κ2) is 7.87. The summed E-state index contributed by atoms with van der Waals surface area (Å²) >= 11 is 1.56. The number of hydrogen-bond donors (Lipinski definition) is 0. The maximum Gasteiger partial charge on any atom is 0.254 e. The SMILES string of the molecule is COc1ccc(N2CCN(C(=O)C[C@H]3CSc4nc(C)cc(=O)n43)CC2)cc1. The molecular weight excluding hydrogens is 376 g/mol. The number of hydrogen-bond acceptors (Lipinski definition) is 6. The highest BCUT2D eigenvalue weighted by molar-refractivity contribution is 7.99. The van der Waals surface area contributed by atoms with Crippen LogP contribution >= 0.6 is 11.8 Å². The van der Waals surface area contributed by atoms with E-state index in [4.69, 9.17) is 4.74 Å². The van der Waals surface area contributed by atoms with Crippen LogP contribution in [0.2, 0.25) is 0 Å². The van der Waals surface area contributed by atoms with Gasteiger partial charge in [0.1, 0.15) is 5.75 Å². The molecule has 148 valence electrons. The number of thioether (sulfide) groups is 1. The lowest BCUT2D eigenvalue weighted by Gasteiger charge is -2.36. The molecule has 2 aliphatic rings. The van der Waals surface area contributed by atoms with Gasteiger partial charge in [0.25, 0.3) is 5.56 Å². The molecule has 1 amide bonds. The van der Waals surface area contributed by atoms with Gasteiger partial charge in [-0.2, -0.15) is 0 Å². The highest BCUT2D eigenvalue weighted by Crippen LogP contribution is 2.32. The van der Waals surface area contributed by atoms with Gasteiger partial charge >= 0.3 is 0 Å². The van der Waals surface area contributed by atoms with Gasteiger partial charge in [0.05, 0.1) is 13.2 Å². The second-order valence-corrected chi connectivity index (χ2v) is 8.11. The summed E-state index contributed by atoms with van der Waals surface area (Å²) in [5.74, 6) is 1.68. The molecule has 0 unspecified atom stereocenters. The molecule has 3 heterocycles. The van der Waals surface area contributed by atoms with E-state index in [0.29, 0.717) is 19.5 Å². The molecule has 8 heteroatoms. The Kier molecular flexibility index (Phi) is 5.30. The van der Waals surface area contributed by atoms with Crippen LogP contribution in [-0.2, 0) is 4.79 Å². The lowest BCUT2D eigenvalue weighted by Crippen LogP contribution is -2.49. The van der Waals surface area contributed by atoms with Crippen molar-refractivity contribution in [1.82, 2.24) is 14.5 Å². The van der Waals surface area contributed by atoms with Crippen molar-refractivity contribution in [3.05, 3.63) is 46.4 Å². The first-order valence-electron chi connectivity index (χ1n) is 9.45. The molecule has 4 rings (SSSR count). The topological polar surface area (TPSA) is 67.7 Å². The third-order valence-corrected chi connectivity index (χ3v) is 6.40. The zero-order valence-corrected chi connectivity index (χ0v) is 16.9. The normalized spacial score (nSPS) is 18.9. The smallest absolute Gasteiger partial charge is 0.254 e. The van der Waals surface area contributed by atoms with Gasteiger partial charge in [0.2, 0.25) is 5.91 Å². The molecule has 2 aromatic rings. The summed E-state index contributed by atoms with van der Waals surface area (Å²) in [4.78, 5) is 33.7. The van der Waals surface area contributed by atoms with Crippen molar-refractivity contribution in [3.63, 3.8) is 0 Å². The molecule has 0 saturated carbocycles. The predicted molar refractivity (Wildman–Crippen MR) is 109 cm³/mol. The van der Waals surface area contributed by atoms with Crippen LogP contribution in [0.3, 0.4) is 0 Å². The summed E-state index contributed by atoms with van der Waals surface area (Å²) in [6, 6.07) is 9.44. The number of benzene rings is 1. The average Bonchev–Trinajstić information content (AvgIpc) is 3.11. The number of carbonyl (C=O) groups excluding carboxylic acids is 1. The summed E-state index contributed by atoms with van der Waals surface area (Å²) in [6.07, 6.45) is 0.354. The van der Waals surface area contributed by atoms with Crippen LogP contribution in [0, 0.1) is 6.92 Å². The maximum absolute atomic E-state index is 12.8. The van der Waals surface area contributed by atoms with Crippen molar-refractivity contribution in [2.24, 2.45) is 0 Å². The fourth-order valence-electron chi connectivity index (χ4n) is 3.75. The molecule has 1 atom stereocenters. The number of carbonyl (C=O) groups is 1. The third-order valence-electron chi connectivity index (χ3n) is 5.30. The number of piperazine rings is 1. The molecule has 1 aromatic carbocycles. The molecule has 1 aromatic heterocycles. The number of anilines is 1. The van der Waals surface area contributed by atoms with E-state index in [0.717, 1.165) is 41.1 Å². The van der Waals surface area contributed by atoms with Crippen LogP contribution in [0.1, 0.15) is 18.2 Å². The molecule has 0 N–H and O–H groups in total. The number of aromatic nitrogens is 2. The number of amides is 1. The van der Waals surface area contributed by atoms with Crippen LogP contribution in [0.25, 0.3) is 0 Å². The highest BCUT2D eigenvalue weighted by atomic mass is 32.2. The van der Waals surface area contributed by atoms with Crippen LogP contribution < -0.4 is 15.2 Å². The number of aryl methyl sites for hydroxylation is 1. The minimum Gasteiger partial charge on any atom is -0.497 e. The van der Waals surface area contributed by atoms with Crippen molar-refractivity contribution in [3.8, 4) is 5.75 Å². The Bertz CT molecular complexity index is 920. The van der Waals surface area contributed by atoms with E-state index in [1.807, 2.05) is 36.1 Å². The third kappa shape index (κ3) is 3.73. The number of nitrogens with zero attached hydrogens (tertiary/aromatic N) is 4. The Hall–Kier alpha value is -2.48. The van der Waals surface area contributed by atoms with E-state index in [9.17, 15) is 9.59 Å². The first kappa shape index (κ1) is 18.9. The zero-order chi connectivity index (χ0) is 19.7. The van der Waals surface area contributed by atoms with E-state index in [1.165, 1.54) is 0 Å². The van der Waals surface area contributed by atoms with Crippen molar-refractivity contribution in [1.29, 1.82) is 0 Å². The predicted octanol–water partition coefficient (Wildman–Crippen LogP) is 1.95. The summed E-state index contributed by atoms with van der Waals surface area (Å²) in [7, 11) is 1.66. The van der Waals surface area contributed by atoms with Crippen molar-refractivity contribution in [2.75, 3.05) is 43.9 Å². The lowest BCUT2D eigenvalue weighted by atomic mass is 10.1. The summed E-state index contributed by atoms with van der Waals surface area (Å²) in [6.45, 7) is 4.81. The first-order valence-corrected chi connectivity index (χ1v) is 10.4. The van der Waals surface area contributed by atoms with Gasteiger partial charge in [0, 0.05) is 55.8 Å². The molecular formula is C20H24N4O3S. The van der Waals surface area contributed by atoms with Crippen molar-refractivity contribution in [2.45, 2.75) is 24.5 Å². The Labute approximate surface area is 168 Å². The standard InChI is InChI=1S/C20H24N4O3S/c1-14-11-19(26)24-16(13-28-20(24)21-14)12-18(25)23-9-7-22(8-10-23)15-3-5-17(27-2)6-4-15/h3-6,11,16H,7-10,12-13H2,1-2H3/t16-/m0/s1. The van der Waals surface area contributed by atoms with E-state index in [1.54, 1.807) is 29.5 Å². The number of rotatable bonds is 4. The maximum atomic E-state index is 12.8. The van der Waals surface area contributed by atoms with E-state index < -0.39 is 0 Å². The van der Waals surface area contributed by atoms with Gasteiger partial charge in [-0.3, -0.25) is 14.2 Å². The van der Waals surface area contributed by atoms with Crippen molar-refractivity contribution >= 4 is 23.4 Å². The first-order chi connectivity index (χ1) is 13.5. The molecule has 1 fully saturated rings. The Morgan fingerprint density at radius 2 is 1.93 bits per heavy atom. The molecule has 2 aliphatic heterocycles. The molecule has 0 radical (unpaired) electrons. The van der Waals surface area contributed by atoms with E-state index >= 15 is 0 Å². The molecule has 0 aliphatic carbocycles. The molecule has 7 nitrogen and oxygen atoms in total. The van der Waals surface area contributed by atoms with Crippen LogP contribution in [-0.4, -0.2) is 59.4 Å². The Balaban J connectivity index is 1.36. The van der Waals surface area contributed by atoms with E-state index in [-0.39, 0.29) is 17.5 Å². The van der Waals surface area contributed by atoms with Gasteiger partial charge < -0.3 is 14.5 Å². The van der Waals surface area contributed by atoms with Crippen LogP contribution in [0.15, 0.2) is 40.3 Å². The minimum absolute atomic E-state index is 0.0605. The fourth-order valence-corrected chi connectivity index (χ4v) is 4.95. The number of fused-ring (bicyclic) bond motifs is 1. The van der Waals surface area contributed by atoms with E-state index in [2.05, 4.69) is 9.88 Å². The molecule has 0 spiro atoms. The van der Waals surface area contributed by atoms with Gasteiger partial charge in [-0.15, -0.1) is 0 Å². The molecule has 28 heavy (non-hydrogen) atoms. The molecule has 0 bridgehead atoms. The lowest BCUT2D eigenvalue weighted by molar-refractivity contribution is -0.132. The summed E-state index contributed by atoms with van der Waals surface area (Å²) in [5, 5.41) is 0.729. The van der Waals surface area contributed by atoms with Gasteiger partial charge in [-0.05, 0) is 31.2 Å². The Morgan fingerprint density at radius 3 is 2.61 bits per heavy atom. The zero-order valence-electron chi connectivity index (χ0n) is 16.1. The Morgan fingerprint density at radius 1 is 1.21 bits per heavy atom. The number of ether oxygens (including phenoxy) is 1. The largest absolute Gasteiger partial charge is 0.497 e. The minimum atomic E-state index is -0.104. The van der Waals surface area contributed by atoms with Crippen LogP contribution in [0.5, 0.6) is 5.75 Å². The highest BCUT2D eigenvalue weighted by Gasteiger charge is 2.30. The van der Waals surface area contributed by atoms with Gasteiger partial charge in [-0.1, -0.05) is 11.8 Å². The monoisotopic (exact) mass is 400 g/mol. The fraction of sp³-hybridized carbons (Fsp3) is 0.450. The van der Waals surface area contributed by atoms with Gasteiger partial charge in [0.15, 0.2) is 5.16 Å².